The molecule has 0 saturated heterocycles. The Morgan fingerprint density at radius 3 is 2.55 bits per heavy atom. The average molecular weight is 296 g/mol. The molecular formula is C16H16N4O2. The van der Waals surface area contributed by atoms with E-state index in [1.807, 2.05) is 42.5 Å². The lowest BCUT2D eigenvalue weighted by Crippen LogP contribution is -2.00. The third-order valence-electron chi connectivity index (χ3n) is 3.34. The lowest BCUT2D eigenvalue weighted by molar-refractivity contribution is 0.355. The summed E-state index contributed by atoms with van der Waals surface area (Å²) in [5.41, 5.74) is 9.12. The fraction of sp³-hybridized carbons (Fsp3) is 0.125. The van der Waals surface area contributed by atoms with Crippen molar-refractivity contribution in [3.8, 4) is 28.4 Å². The Kier molecular flexibility index (Phi) is 3.65. The minimum absolute atomic E-state index is 0.653. The van der Waals surface area contributed by atoms with E-state index in [0.29, 0.717) is 17.2 Å². The summed E-state index contributed by atoms with van der Waals surface area (Å²) in [6.07, 6.45) is 1.70. The molecular weight excluding hydrogens is 280 g/mol. The number of rotatable bonds is 4. The molecule has 112 valence electrons. The number of hydrogen-bond donors (Lipinski definition) is 1. The normalized spacial score (nSPS) is 10.5. The SMILES string of the molecule is COc1ccc(-c2cnnn2-c2cccc(N)c2)cc1OC. The van der Waals surface area contributed by atoms with E-state index in [0.717, 1.165) is 16.9 Å². The van der Waals surface area contributed by atoms with Crippen LogP contribution in [0.5, 0.6) is 11.5 Å². The number of methoxy groups -OCH3 is 2. The quantitative estimate of drug-likeness (QED) is 0.749. The fourth-order valence-corrected chi connectivity index (χ4v) is 2.27. The van der Waals surface area contributed by atoms with Crippen LogP contribution in [0.15, 0.2) is 48.7 Å². The van der Waals surface area contributed by atoms with Gasteiger partial charge in [0.05, 0.1) is 31.8 Å². The van der Waals surface area contributed by atoms with Crippen LogP contribution in [-0.4, -0.2) is 29.2 Å². The fourth-order valence-electron chi connectivity index (χ4n) is 2.27. The van der Waals surface area contributed by atoms with E-state index < -0.39 is 0 Å². The van der Waals surface area contributed by atoms with Crippen molar-refractivity contribution < 1.29 is 9.47 Å². The smallest absolute Gasteiger partial charge is 0.161 e. The minimum atomic E-state index is 0.653. The van der Waals surface area contributed by atoms with Gasteiger partial charge in [0, 0.05) is 11.3 Å². The lowest BCUT2D eigenvalue weighted by atomic mass is 10.1. The number of nitrogens with zero attached hydrogens (tertiary/aromatic N) is 3. The van der Waals surface area contributed by atoms with Gasteiger partial charge in [-0.15, -0.1) is 5.10 Å². The lowest BCUT2D eigenvalue weighted by Gasteiger charge is -2.11. The van der Waals surface area contributed by atoms with Gasteiger partial charge in [-0.25, -0.2) is 4.68 Å². The maximum absolute atomic E-state index is 5.84. The van der Waals surface area contributed by atoms with Crippen molar-refractivity contribution in [1.29, 1.82) is 0 Å². The van der Waals surface area contributed by atoms with Crippen LogP contribution in [0.3, 0.4) is 0 Å². The Hall–Kier alpha value is -3.02. The van der Waals surface area contributed by atoms with Gasteiger partial charge in [-0.2, -0.15) is 0 Å². The Morgan fingerprint density at radius 2 is 1.82 bits per heavy atom. The number of nitrogens with two attached hydrogens (primary N) is 1. The molecule has 6 heteroatoms. The van der Waals surface area contributed by atoms with E-state index in [-0.39, 0.29) is 0 Å². The largest absolute Gasteiger partial charge is 0.493 e. The Balaban J connectivity index is 2.09. The zero-order valence-corrected chi connectivity index (χ0v) is 12.4. The van der Waals surface area contributed by atoms with Gasteiger partial charge >= 0.3 is 0 Å². The predicted molar refractivity (Wildman–Crippen MR) is 84.3 cm³/mol. The molecule has 6 nitrogen and oxygen atoms in total. The van der Waals surface area contributed by atoms with Gasteiger partial charge in [0.15, 0.2) is 11.5 Å². The molecule has 0 amide bonds. The molecule has 0 aliphatic carbocycles. The third-order valence-corrected chi connectivity index (χ3v) is 3.34. The van der Waals surface area contributed by atoms with Crippen molar-refractivity contribution in [1.82, 2.24) is 15.0 Å². The van der Waals surface area contributed by atoms with Crippen LogP contribution in [0.25, 0.3) is 16.9 Å². The molecule has 0 saturated carbocycles. The number of aromatic nitrogens is 3. The zero-order chi connectivity index (χ0) is 15.5. The summed E-state index contributed by atoms with van der Waals surface area (Å²) in [6, 6.07) is 13.2. The standard InChI is InChI=1S/C16H16N4O2/c1-21-15-7-6-11(8-16(15)22-2)14-10-18-19-20(14)13-5-3-4-12(17)9-13/h3-10H,17H2,1-2H3. The summed E-state index contributed by atoms with van der Waals surface area (Å²) in [4.78, 5) is 0. The third kappa shape index (κ3) is 2.46. The summed E-state index contributed by atoms with van der Waals surface area (Å²) < 4.78 is 12.3. The van der Waals surface area contributed by atoms with Gasteiger partial charge in [0.1, 0.15) is 0 Å². The van der Waals surface area contributed by atoms with Gasteiger partial charge < -0.3 is 15.2 Å². The van der Waals surface area contributed by atoms with Crippen molar-refractivity contribution >= 4 is 5.69 Å². The maximum atomic E-state index is 5.84. The second-order valence-corrected chi connectivity index (χ2v) is 4.70. The van der Waals surface area contributed by atoms with Crippen LogP contribution >= 0.6 is 0 Å². The Labute approximate surface area is 128 Å². The van der Waals surface area contributed by atoms with Gasteiger partial charge in [-0.3, -0.25) is 0 Å². The van der Waals surface area contributed by atoms with E-state index in [1.54, 1.807) is 25.1 Å². The number of ether oxygens (including phenoxy) is 2. The number of nitrogen functional groups attached to an aromatic ring is 1. The van der Waals surface area contributed by atoms with Crippen LogP contribution in [0, 0.1) is 0 Å². The first-order valence-electron chi connectivity index (χ1n) is 6.72. The van der Waals surface area contributed by atoms with Crippen LogP contribution < -0.4 is 15.2 Å². The molecule has 3 aromatic rings. The van der Waals surface area contributed by atoms with E-state index in [9.17, 15) is 0 Å². The molecule has 2 aromatic carbocycles. The highest BCUT2D eigenvalue weighted by molar-refractivity contribution is 5.65. The summed E-state index contributed by atoms with van der Waals surface area (Å²) in [5, 5.41) is 8.14. The van der Waals surface area contributed by atoms with Gasteiger partial charge in [0.25, 0.3) is 0 Å². The molecule has 0 bridgehead atoms. The molecule has 22 heavy (non-hydrogen) atoms. The summed E-state index contributed by atoms with van der Waals surface area (Å²) >= 11 is 0. The zero-order valence-electron chi connectivity index (χ0n) is 12.4. The average Bonchev–Trinajstić information content (AvgIpc) is 3.03. The topological polar surface area (TPSA) is 75.2 Å². The van der Waals surface area contributed by atoms with Crippen LogP contribution in [0.1, 0.15) is 0 Å². The van der Waals surface area contributed by atoms with Gasteiger partial charge in [-0.1, -0.05) is 11.3 Å². The minimum Gasteiger partial charge on any atom is -0.493 e. The summed E-state index contributed by atoms with van der Waals surface area (Å²) in [5.74, 6) is 1.33. The van der Waals surface area contributed by atoms with Crippen molar-refractivity contribution in [3.63, 3.8) is 0 Å². The van der Waals surface area contributed by atoms with Crippen molar-refractivity contribution in [2.75, 3.05) is 20.0 Å². The highest BCUT2D eigenvalue weighted by Gasteiger charge is 2.12. The Bertz CT molecular complexity index is 798. The van der Waals surface area contributed by atoms with Crippen molar-refractivity contribution in [2.45, 2.75) is 0 Å². The first-order chi connectivity index (χ1) is 10.7. The number of hydrogen-bond acceptors (Lipinski definition) is 5. The molecule has 0 radical (unpaired) electrons. The molecule has 0 aliphatic rings. The number of anilines is 1. The maximum Gasteiger partial charge on any atom is 0.161 e. The molecule has 0 fully saturated rings. The molecule has 0 spiro atoms. The van der Waals surface area contributed by atoms with Crippen LogP contribution in [0.2, 0.25) is 0 Å². The molecule has 0 atom stereocenters. The molecule has 2 N–H and O–H groups in total. The number of benzene rings is 2. The summed E-state index contributed by atoms with van der Waals surface area (Å²) in [6.45, 7) is 0. The molecule has 1 aromatic heterocycles. The van der Waals surface area contributed by atoms with Crippen molar-refractivity contribution in [2.24, 2.45) is 0 Å². The first-order valence-corrected chi connectivity index (χ1v) is 6.72. The van der Waals surface area contributed by atoms with Gasteiger partial charge in [0.2, 0.25) is 0 Å². The molecule has 3 rings (SSSR count). The highest BCUT2D eigenvalue weighted by Crippen LogP contribution is 2.32. The van der Waals surface area contributed by atoms with E-state index in [2.05, 4.69) is 10.3 Å². The second-order valence-electron chi connectivity index (χ2n) is 4.70. The summed E-state index contributed by atoms with van der Waals surface area (Å²) in [7, 11) is 3.21. The van der Waals surface area contributed by atoms with E-state index in [4.69, 9.17) is 15.2 Å². The van der Waals surface area contributed by atoms with Gasteiger partial charge in [-0.05, 0) is 36.4 Å². The van der Waals surface area contributed by atoms with Crippen molar-refractivity contribution in [3.05, 3.63) is 48.7 Å². The van der Waals surface area contributed by atoms with E-state index >= 15 is 0 Å². The van der Waals surface area contributed by atoms with Crippen LogP contribution in [0.4, 0.5) is 5.69 Å². The molecule has 0 aliphatic heterocycles. The highest BCUT2D eigenvalue weighted by atomic mass is 16.5. The van der Waals surface area contributed by atoms with E-state index in [1.165, 1.54) is 0 Å². The predicted octanol–water partition coefficient (Wildman–Crippen LogP) is 2.53. The first kappa shape index (κ1) is 13.9. The Morgan fingerprint density at radius 1 is 1.00 bits per heavy atom. The molecule has 0 unspecified atom stereocenters. The van der Waals surface area contributed by atoms with Crippen LogP contribution in [-0.2, 0) is 0 Å². The second kappa shape index (κ2) is 5.77. The molecule has 1 heterocycles. The monoisotopic (exact) mass is 296 g/mol.